The average Bonchev–Trinajstić information content (AvgIpc) is 3.01. The molecule has 2 N–H and O–H groups in total. The second-order valence-electron chi connectivity index (χ2n) is 4.60. The van der Waals surface area contributed by atoms with Crippen molar-refractivity contribution in [2.45, 2.75) is 19.5 Å². The monoisotopic (exact) mass is 417 g/mol. The molecule has 0 fully saturated rings. The molecule has 7 heteroatoms. The van der Waals surface area contributed by atoms with Gasteiger partial charge in [-0.25, -0.2) is 9.37 Å². The van der Waals surface area contributed by atoms with E-state index in [0.29, 0.717) is 18.1 Å². The van der Waals surface area contributed by atoms with Crippen molar-refractivity contribution in [1.29, 1.82) is 0 Å². The van der Waals surface area contributed by atoms with Crippen LogP contribution in [0.25, 0.3) is 0 Å². The van der Waals surface area contributed by atoms with E-state index in [2.05, 4.69) is 20.6 Å². The lowest BCUT2D eigenvalue weighted by molar-refractivity contribution is 0.601. The molecule has 2 rings (SSSR count). The maximum absolute atomic E-state index is 13.5. The van der Waals surface area contributed by atoms with E-state index in [1.807, 2.05) is 16.8 Å². The van der Waals surface area contributed by atoms with Gasteiger partial charge < -0.3 is 15.2 Å². The molecule has 1 aromatic carbocycles. The zero-order valence-corrected chi connectivity index (χ0v) is 14.8. The maximum atomic E-state index is 13.5. The van der Waals surface area contributed by atoms with Gasteiger partial charge in [-0.05, 0) is 12.5 Å². The Balaban J connectivity index is 0.00000242. The number of nitrogens with zero attached hydrogens (tertiary/aromatic N) is 3. The summed E-state index contributed by atoms with van der Waals surface area (Å²) in [6.45, 7) is 2.10. The van der Waals surface area contributed by atoms with Crippen LogP contribution in [0.2, 0.25) is 0 Å². The van der Waals surface area contributed by atoms with Crippen molar-refractivity contribution < 1.29 is 4.39 Å². The van der Waals surface area contributed by atoms with Crippen LogP contribution in [0.15, 0.2) is 48.0 Å². The van der Waals surface area contributed by atoms with Crippen molar-refractivity contribution in [2.75, 3.05) is 13.6 Å². The van der Waals surface area contributed by atoms with Gasteiger partial charge in [0.1, 0.15) is 5.82 Å². The quantitative estimate of drug-likeness (QED) is 0.329. The van der Waals surface area contributed by atoms with Crippen LogP contribution >= 0.6 is 24.0 Å². The molecule has 0 aliphatic carbocycles. The van der Waals surface area contributed by atoms with E-state index in [1.165, 1.54) is 6.07 Å². The van der Waals surface area contributed by atoms with Crippen LogP contribution in [0.5, 0.6) is 0 Å². The summed E-state index contributed by atoms with van der Waals surface area (Å²) in [4.78, 5) is 8.11. The average molecular weight is 417 g/mol. The molecule has 0 aliphatic rings. The summed E-state index contributed by atoms with van der Waals surface area (Å²) in [6.07, 6.45) is 6.45. The van der Waals surface area contributed by atoms with Crippen LogP contribution in [-0.2, 0) is 13.1 Å². The Kier molecular flexibility index (Phi) is 8.49. The van der Waals surface area contributed by atoms with Crippen LogP contribution < -0.4 is 10.6 Å². The Bertz CT molecular complexity index is 571. The number of imidazole rings is 1. The normalized spacial score (nSPS) is 10.9. The van der Waals surface area contributed by atoms with E-state index in [1.54, 1.807) is 31.7 Å². The molecule has 0 amide bonds. The number of guanidine groups is 1. The second kappa shape index (κ2) is 10.1. The highest BCUT2D eigenvalue weighted by Gasteiger charge is 2.02. The first kappa shape index (κ1) is 18.4. The maximum Gasteiger partial charge on any atom is 0.191 e. The Hall–Kier alpha value is -1.64. The van der Waals surface area contributed by atoms with Gasteiger partial charge >= 0.3 is 0 Å². The molecule has 0 bridgehead atoms. The summed E-state index contributed by atoms with van der Waals surface area (Å²) in [6, 6.07) is 6.72. The second-order valence-corrected chi connectivity index (χ2v) is 4.60. The van der Waals surface area contributed by atoms with E-state index in [9.17, 15) is 4.39 Å². The first-order chi connectivity index (χ1) is 10.3. The zero-order valence-electron chi connectivity index (χ0n) is 12.5. The van der Waals surface area contributed by atoms with Gasteiger partial charge in [0.05, 0.1) is 6.33 Å². The molecule has 2 aromatic rings. The minimum absolute atomic E-state index is 0. The van der Waals surface area contributed by atoms with Crippen molar-refractivity contribution in [2.24, 2.45) is 4.99 Å². The summed E-state index contributed by atoms with van der Waals surface area (Å²) in [7, 11) is 1.70. The van der Waals surface area contributed by atoms with Crippen LogP contribution in [0, 0.1) is 5.82 Å². The van der Waals surface area contributed by atoms with Gasteiger partial charge in [0.15, 0.2) is 5.96 Å². The Morgan fingerprint density at radius 2 is 2.14 bits per heavy atom. The molecule has 1 aromatic heterocycles. The number of aromatic nitrogens is 2. The van der Waals surface area contributed by atoms with Gasteiger partial charge in [0, 0.05) is 44.6 Å². The first-order valence-corrected chi connectivity index (χ1v) is 6.93. The van der Waals surface area contributed by atoms with E-state index >= 15 is 0 Å². The van der Waals surface area contributed by atoms with Crippen LogP contribution in [0.4, 0.5) is 4.39 Å². The summed E-state index contributed by atoms with van der Waals surface area (Å²) >= 11 is 0. The third kappa shape index (κ3) is 6.00. The number of hydrogen-bond donors (Lipinski definition) is 2. The van der Waals surface area contributed by atoms with Crippen LogP contribution in [-0.4, -0.2) is 29.1 Å². The minimum atomic E-state index is -0.208. The topological polar surface area (TPSA) is 54.2 Å². The van der Waals surface area contributed by atoms with E-state index in [0.717, 1.165) is 19.5 Å². The van der Waals surface area contributed by atoms with Gasteiger partial charge in [-0.15, -0.1) is 24.0 Å². The lowest BCUT2D eigenvalue weighted by Gasteiger charge is -2.12. The number of benzene rings is 1. The third-order valence-corrected chi connectivity index (χ3v) is 3.07. The van der Waals surface area contributed by atoms with Gasteiger partial charge in [-0.2, -0.15) is 0 Å². The minimum Gasteiger partial charge on any atom is -0.356 e. The van der Waals surface area contributed by atoms with E-state index in [4.69, 9.17) is 0 Å². The molecule has 22 heavy (non-hydrogen) atoms. The fraction of sp³-hybridized carbons (Fsp3) is 0.333. The van der Waals surface area contributed by atoms with E-state index < -0.39 is 0 Å². The van der Waals surface area contributed by atoms with Gasteiger partial charge in [0.25, 0.3) is 0 Å². The van der Waals surface area contributed by atoms with Crippen molar-refractivity contribution in [3.05, 3.63) is 54.4 Å². The lowest BCUT2D eigenvalue weighted by Crippen LogP contribution is -2.37. The third-order valence-electron chi connectivity index (χ3n) is 3.07. The summed E-state index contributed by atoms with van der Waals surface area (Å²) in [5.74, 6) is 0.462. The molecule has 0 unspecified atom stereocenters. The number of hydrogen-bond acceptors (Lipinski definition) is 2. The smallest absolute Gasteiger partial charge is 0.191 e. The molecule has 0 radical (unpaired) electrons. The number of nitrogens with one attached hydrogen (secondary N) is 2. The molecule has 0 saturated heterocycles. The van der Waals surface area contributed by atoms with Crippen molar-refractivity contribution >= 4 is 29.9 Å². The predicted molar refractivity (Wildman–Crippen MR) is 96.9 cm³/mol. The molecule has 0 aliphatic heterocycles. The molecule has 0 atom stereocenters. The van der Waals surface area contributed by atoms with Crippen LogP contribution in [0.1, 0.15) is 12.0 Å². The molecule has 0 saturated carbocycles. The highest BCUT2D eigenvalue weighted by atomic mass is 127. The fourth-order valence-corrected chi connectivity index (χ4v) is 1.93. The Labute approximate surface area is 147 Å². The van der Waals surface area contributed by atoms with Gasteiger partial charge in [0.2, 0.25) is 0 Å². The van der Waals surface area contributed by atoms with Crippen molar-refractivity contribution in [3.8, 4) is 0 Å². The summed E-state index contributed by atoms with van der Waals surface area (Å²) in [5.41, 5.74) is 0.624. The molecular weight excluding hydrogens is 396 g/mol. The highest BCUT2D eigenvalue weighted by Crippen LogP contribution is 2.05. The number of aliphatic imine (C=N–C) groups is 1. The fourth-order valence-electron chi connectivity index (χ4n) is 1.93. The van der Waals surface area contributed by atoms with Crippen LogP contribution in [0.3, 0.4) is 0 Å². The molecular formula is C15H21FIN5. The first-order valence-electron chi connectivity index (χ1n) is 6.93. The lowest BCUT2D eigenvalue weighted by atomic mass is 10.2. The standard InChI is InChI=1S/C15H20FN5.HI/c1-17-15(19-7-4-9-21-10-8-18-12-21)20-11-13-5-2-3-6-14(13)16;/h2-3,5-6,8,10,12H,4,7,9,11H2,1H3,(H2,17,19,20);1H. The number of rotatable bonds is 6. The van der Waals surface area contributed by atoms with Crippen molar-refractivity contribution in [1.82, 2.24) is 20.2 Å². The number of halogens is 2. The summed E-state index contributed by atoms with van der Waals surface area (Å²) in [5, 5.41) is 6.30. The van der Waals surface area contributed by atoms with E-state index in [-0.39, 0.29) is 29.8 Å². The SMILES string of the molecule is CN=C(NCCCn1ccnc1)NCc1ccccc1F.I. The predicted octanol–water partition coefficient (Wildman–Crippen LogP) is 2.40. The Morgan fingerprint density at radius 3 is 2.82 bits per heavy atom. The molecule has 0 spiro atoms. The number of aryl methyl sites for hydroxylation is 1. The van der Waals surface area contributed by atoms with Crippen molar-refractivity contribution in [3.63, 3.8) is 0 Å². The molecule has 1 heterocycles. The Morgan fingerprint density at radius 1 is 1.32 bits per heavy atom. The molecule has 5 nitrogen and oxygen atoms in total. The summed E-state index contributed by atoms with van der Waals surface area (Å²) < 4.78 is 15.5. The van der Waals surface area contributed by atoms with Gasteiger partial charge in [-0.3, -0.25) is 4.99 Å². The van der Waals surface area contributed by atoms with Gasteiger partial charge in [-0.1, -0.05) is 18.2 Å². The zero-order chi connectivity index (χ0) is 14.9. The largest absolute Gasteiger partial charge is 0.356 e. The molecule has 120 valence electrons. The highest BCUT2D eigenvalue weighted by molar-refractivity contribution is 14.0.